The largest absolute Gasteiger partial charge is 0.381 e. The monoisotopic (exact) mass is 278 g/mol. The molecule has 1 aromatic heterocycles. The smallest absolute Gasteiger partial charge is 0.0891 e. The van der Waals surface area contributed by atoms with Gasteiger partial charge in [-0.1, -0.05) is 6.07 Å². The van der Waals surface area contributed by atoms with Crippen LogP contribution in [0.2, 0.25) is 0 Å². The van der Waals surface area contributed by atoms with Crippen LogP contribution in [0.5, 0.6) is 0 Å². The second-order valence-corrected chi connectivity index (χ2v) is 6.35. The minimum absolute atomic E-state index is 0.107. The summed E-state index contributed by atoms with van der Waals surface area (Å²) >= 11 is 0. The second-order valence-electron chi connectivity index (χ2n) is 6.35. The van der Waals surface area contributed by atoms with Crippen LogP contribution in [-0.2, 0) is 22.6 Å². The molecule has 20 heavy (non-hydrogen) atoms. The molecule has 0 amide bonds. The molecule has 0 spiro atoms. The highest BCUT2D eigenvalue weighted by Gasteiger charge is 2.14. The number of nitrogens with zero attached hydrogens (tertiary/aromatic N) is 1. The Morgan fingerprint density at radius 1 is 1.25 bits per heavy atom. The summed E-state index contributed by atoms with van der Waals surface area (Å²) in [7, 11) is 0. The zero-order valence-corrected chi connectivity index (χ0v) is 12.8. The van der Waals surface area contributed by atoms with Gasteiger partial charge in [-0.15, -0.1) is 0 Å². The number of hydrogen-bond acceptors (Lipinski definition) is 4. The van der Waals surface area contributed by atoms with Crippen LogP contribution >= 0.6 is 0 Å². The number of pyridine rings is 1. The maximum Gasteiger partial charge on any atom is 0.0891 e. The molecule has 0 unspecified atom stereocenters. The summed E-state index contributed by atoms with van der Waals surface area (Å²) < 4.78 is 11.2. The van der Waals surface area contributed by atoms with Crippen molar-refractivity contribution in [3.05, 3.63) is 29.6 Å². The van der Waals surface area contributed by atoms with Crippen LogP contribution in [0.3, 0.4) is 0 Å². The van der Waals surface area contributed by atoms with Gasteiger partial charge < -0.3 is 14.8 Å². The third kappa shape index (κ3) is 5.57. The Kier molecular flexibility index (Phi) is 5.52. The summed E-state index contributed by atoms with van der Waals surface area (Å²) in [5.74, 6) is 0. The van der Waals surface area contributed by atoms with Crippen LogP contribution < -0.4 is 5.32 Å². The van der Waals surface area contributed by atoms with Gasteiger partial charge >= 0.3 is 0 Å². The first kappa shape index (κ1) is 15.4. The summed E-state index contributed by atoms with van der Waals surface area (Å²) in [6.07, 6.45) is 2.30. The molecule has 0 aliphatic carbocycles. The molecule has 2 rings (SSSR count). The fourth-order valence-electron chi connectivity index (χ4n) is 2.11. The molecule has 1 aliphatic rings. The van der Waals surface area contributed by atoms with Crippen molar-refractivity contribution < 1.29 is 9.47 Å². The van der Waals surface area contributed by atoms with Gasteiger partial charge in [0, 0.05) is 25.3 Å². The summed E-state index contributed by atoms with van der Waals surface area (Å²) in [6, 6.07) is 6.13. The van der Waals surface area contributed by atoms with Crippen LogP contribution in [-0.4, -0.2) is 29.8 Å². The highest BCUT2D eigenvalue weighted by molar-refractivity contribution is 5.10. The molecule has 4 nitrogen and oxygen atoms in total. The fourth-order valence-corrected chi connectivity index (χ4v) is 2.11. The molecule has 0 saturated carbocycles. The van der Waals surface area contributed by atoms with Crippen LogP contribution in [0.25, 0.3) is 0 Å². The Bertz CT molecular complexity index is 409. The molecule has 1 fully saturated rings. The summed E-state index contributed by atoms with van der Waals surface area (Å²) in [5, 5.41) is 3.45. The zero-order valence-electron chi connectivity index (χ0n) is 12.8. The van der Waals surface area contributed by atoms with Gasteiger partial charge in [0.2, 0.25) is 0 Å². The van der Waals surface area contributed by atoms with E-state index in [1.54, 1.807) is 0 Å². The van der Waals surface area contributed by atoms with E-state index < -0.39 is 0 Å². The predicted octanol–water partition coefficient (Wildman–Crippen LogP) is 2.67. The predicted molar refractivity (Wildman–Crippen MR) is 79.5 cm³/mol. The van der Waals surface area contributed by atoms with Gasteiger partial charge in [-0.25, -0.2) is 0 Å². The molecule has 1 saturated heterocycles. The molecule has 0 atom stereocenters. The number of hydrogen-bond donors (Lipinski definition) is 1. The average molecular weight is 278 g/mol. The van der Waals surface area contributed by atoms with E-state index in [-0.39, 0.29) is 5.54 Å². The molecule has 0 bridgehead atoms. The number of ether oxygens (including phenoxy) is 2. The summed E-state index contributed by atoms with van der Waals surface area (Å²) in [5.41, 5.74) is 2.17. The standard InChI is InChI=1S/C16H26N2O2/c1-16(2,3)17-11-13-5-4-6-14(18-13)12-20-15-7-9-19-10-8-15/h4-6,15,17H,7-12H2,1-3H3. The van der Waals surface area contributed by atoms with Gasteiger partial charge in [0.1, 0.15) is 0 Å². The maximum atomic E-state index is 5.91. The van der Waals surface area contributed by atoms with E-state index >= 15 is 0 Å². The van der Waals surface area contributed by atoms with Gasteiger partial charge in [0.05, 0.1) is 24.1 Å². The highest BCUT2D eigenvalue weighted by Crippen LogP contribution is 2.13. The average Bonchev–Trinajstić information content (AvgIpc) is 2.44. The topological polar surface area (TPSA) is 43.4 Å². The SMILES string of the molecule is CC(C)(C)NCc1cccc(COC2CCOCC2)n1. The first-order chi connectivity index (χ1) is 9.53. The zero-order chi connectivity index (χ0) is 14.4. The highest BCUT2D eigenvalue weighted by atomic mass is 16.5. The van der Waals surface area contributed by atoms with Crippen molar-refractivity contribution in [2.75, 3.05) is 13.2 Å². The maximum absolute atomic E-state index is 5.91. The van der Waals surface area contributed by atoms with Crippen molar-refractivity contribution in [1.82, 2.24) is 10.3 Å². The van der Waals surface area contributed by atoms with Crippen LogP contribution in [0, 0.1) is 0 Å². The van der Waals surface area contributed by atoms with E-state index in [9.17, 15) is 0 Å². The van der Waals surface area contributed by atoms with E-state index in [1.165, 1.54) is 0 Å². The molecule has 1 N–H and O–H groups in total. The number of nitrogens with one attached hydrogen (secondary N) is 1. The minimum Gasteiger partial charge on any atom is -0.381 e. The van der Waals surface area contributed by atoms with Crippen molar-refractivity contribution in [2.45, 2.75) is 58.4 Å². The quantitative estimate of drug-likeness (QED) is 0.899. The van der Waals surface area contributed by atoms with E-state index in [2.05, 4.69) is 43.2 Å². The van der Waals surface area contributed by atoms with Crippen molar-refractivity contribution in [3.63, 3.8) is 0 Å². The molecule has 2 heterocycles. The molecule has 0 aromatic carbocycles. The van der Waals surface area contributed by atoms with Gasteiger partial charge in [-0.3, -0.25) is 4.98 Å². The Morgan fingerprint density at radius 2 is 1.95 bits per heavy atom. The van der Waals surface area contributed by atoms with Gasteiger partial charge in [-0.05, 0) is 45.7 Å². The van der Waals surface area contributed by atoms with Crippen molar-refractivity contribution in [3.8, 4) is 0 Å². The third-order valence-electron chi connectivity index (χ3n) is 3.30. The van der Waals surface area contributed by atoms with Crippen molar-refractivity contribution >= 4 is 0 Å². The molecular formula is C16H26N2O2. The molecule has 1 aliphatic heterocycles. The third-order valence-corrected chi connectivity index (χ3v) is 3.30. The Labute approximate surface area is 121 Å². The minimum atomic E-state index is 0.107. The Hall–Kier alpha value is -0.970. The number of rotatable bonds is 5. The first-order valence-electron chi connectivity index (χ1n) is 7.42. The number of aromatic nitrogens is 1. The molecule has 0 radical (unpaired) electrons. The summed E-state index contributed by atoms with van der Waals surface area (Å²) in [6.45, 7) is 9.48. The molecular weight excluding hydrogens is 252 g/mol. The normalized spacial score (nSPS) is 17.4. The second kappa shape index (κ2) is 7.16. The van der Waals surface area contributed by atoms with Gasteiger partial charge in [-0.2, -0.15) is 0 Å². The lowest BCUT2D eigenvalue weighted by atomic mass is 10.1. The fraction of sp³-hybridized carbons (Fsp3) is 0.688. The van der Waals surface area contributed by atoms with Gasteiger partial charge in [0.25, 0.3) is 0 Å². The lowest BCUT2D eigenvalue weighted by molar-refractivity contribution is -0.0399. The van der Waals surface area contributed by atoms with Gasteiger partial charge in [0.15, 0.2) is 0 Å². The van der Waals surface area contributed by atoms with E-state index in [4.69, 9.17) is 9.47 Å². The van der Waals surface area contributed by atoms with Crippen molar-refractivity contribution in [1.29, 1.82) is 0 Å². The Morgan fingerprint density at radius 3 is 2.65 bits per heavy atom. The van der Waals surface area contributed by atoms with E-state index in [0.29, 0.717) is 12.7 Å². The lowest BCUT2D eigenvalue weighted by Crippen LogP contribution is -2.35. The van der Waals surface area contributed by atoms with Crippen LogP contribution in [0.4, 0.5) is 0 Å². The Balaban J connectivity index is 1.82. The molecule has 112 valence electrons. The summed E-state index contributed by atoms with van der Waals surface area (Å²) in [4.78, 5) is 4.64. The van der Waals surface area contributed by atoms with Crippen LogP contribution in [0.15, 0.2) is 18.2 Å². The lowest BCUT2D eigenvalue weighted by Gasteiger charge is -2.22. The van der Waals surface area contributed by atoms with E-state index in [0.717, 1.165) is 44.0 Å². The van der Waals surface area contributed by atoms with Crippen LogP contribution in [0.1, 0.15) is 45.0 Å². The van der Waals surface area contributed by atoms with Crippen molar-refractivity contribution in [2.24, 2.45) is 0 Å². The first-order valence-corrected chi connectivity index (χ1v) is 7.42. The molecule has 1 aromatic rings. The molecule has 4 heteroatoms. The van der Waals surface area contributed by atoms with E-state index in [1.807, 2.05) is 6.07 Å².